The van der Waals surface area contributed by atoms with Crippen molar-refractivity contribution in [3.63, 3.8) is 0 Å². The van der Waals surface area contributed by atoms with Gasteiger partial charge in [0.05, 0.1) is 18.0 Å². The van der Waals surface area contributed by atoms with Crippen LogP contribution >= 0.6 is 11.3 Å². The number of ether oxygens (including phenoxy) is 1. The fourth-order valence-electron chi connectivity index (χ4n) is 3.54. The second kappa shape index (κ2) is 8.55. The number of hydrogen-bond acceptors (Lipinski definition) is 5. The minimum atomic E-state index is -0.374. The van der Waals surface area contributed by atoms with Gasteiger partial charge in [-0.3, -0.25) is 9.36 Å². The smallest absolute Gasteiger partial charge is 0.350 e. The molecule has 0 N–H and O–H groups in total. The van der Waals surface area contributed by atoms with Crippen LogP contribution in [0.15, 0.2) is 77.6 Å². The van der Waals surface area contributed by atoms with Crippen molar-refractivity contribution in [2.45, 2.75) is 13.5 Å². The van der Waals surface area contributed by atoms with Gasteiger partial charge >= 0.3 is 5.97 Å². The van der Waals surface area contributed by atoms with Crippen molar-refractivity contribution < 1.29 is 9.53 Å². The van der Waals surface area contributed by atoms with Crippen molar-refractivity contribution in [2.24, 2.45) is 0 Å². The van der Waals surface area contributed by atoms with Gasteiger partial charge in [0, 0.05) is 25.0 Å². The predicted molar refractivity (Wildman–Crippen MR) is 122 cm³/mol. The maximum Gasteiger partial charge on any atom is 0.350 e. The van der Waals surface area contributed by atoms with Crippen LogP contribution in [0.5, 0.6) is 0 Å². The van der Waals surface area contributed by atoms with Crippen LogP contribution in [0.25, 0.3) is 15.9 Å². The number of fused-ring (bicyclic) bond motifs is 1. The Morgan fingerprint density at radius 2 is 1.67 bits per heavy atom. The molecule has 4 aromatic rings. The maximum absolute atomic E-state index is 12.8. The molecule has 2 heterocycles. The van der Waals surface area contributed by atoms with E-state index in [-0.39, 0.29) is 11.5 Å². The van der Waals surface area contributed by atoms with E-state index in [1.165, 1.54) is 11.3 Å². The van der Waals surface area contributed by atoms with Crippen LogP contribution < -0.4 is 10.5 Å². The average Bonchev–Trinajstić information content (AvgIpc) is 3.15. The summed E-state index contributed by atoms with van der Waals surface area (Å²) in [6, 6.07) is 22.9. The average molecular weight is 419 g/mol. The molecule has 0 aliphatic heterocycles. The number of benzene rings is 2. The van der Waals surface area contributed by atoms with Crippen LogP contribution in [0.1, 0.15) is 22.2 Å². The first kappa shape index (κ1) is 19.9. The molecule has 0 radical (unpaired) electrons. The Bertz CT molecular complexity index is 1230. The van der Waals surface area contributed by atoms with Crippen LogP contribution in [0.3, 0.4) is 0 Å². The van der Waals surface area contributed by atoms with Crippen molar-refractivity contribution in [1.82, 2.24) is 4.57 Å². The topological polar surface area (TPSA) is 51.5 Å². The molecule has 2 aromatic carbocycles. The SMILES string of the molecule is CCOC(=O)c1sc2c(ccc(=O)n2-c2ccccc2)c1N(C)Cc1ccccc1. The Morgan fingerprint density at radius 3 is 2.33 bits per heavy atom. The monoisotopic (exact) mass is 418 g/mol. The number of pyridine rings is 1. The summed E-state index contributed by atoms with van der Waals surface area (Å²) in [5.74, 6) is -0.374. The van der Waals surface area contributed by atoms with Gasteiger partial charge in [0.15, 0.2) is 0 Å². The lowest BCUT2D eigenvalue weighted by atomic mass is 10.2. The van der Waals surface area contributed by atoms with Crippen molar-refractivity contribution in [3.8, 4) is 5.69 Å². The summed E-state index contributed by atoms with van der Waals surface area (Å²) >= 11 is 1.29. The molecule has 0 fully saturated rings. The first-order chi connectivity index (χ1) is 14.6. The van der Waals surface area contributed by atoms with E-state index >= 15 is 0 Å². The largest absolute Gasteiger partial charge is 0.462 e. The van der Waals surface area contributed by atoms with Crippen LogP contribution in [0.2, 0.25) is 0 Å². The molecule has 0 aliphatic carbocycles. The molecule has 0 aliphatic rings. The summed E-state index contributed by atoms with van der Waals surface area (Å²) in [6.45, 7) is 2.71. The summed E-state index contributed by atoms with van der Waals surface area (Å²) in [6.07, 6.45) is 0. The third-order valence-corrected chi connectivity index (χ3v) is 5.99. The van der Waals surface area contributed by atoms with Gasteiger partial charge in [0.25, 0.3) is 5.56 Å². The first-order valence-electron chi connectivity index (χ1n) is 9.76. The third kappa shape index (κ3) is 3.74. The zero-order chi connectivity index (χ0) is 21.1. The minimum Gasteiger partial charge on any atom is -0.462 e. The van der Waals surface area contributed by atoms with Crippen LogP contribution in [-0.4, -0.2) is 24.2 Å². The van der Waals surface area contributed by atoms with Gasteiger partial charge in [0.1, 0.15) is 9.71 Å². The zero-order valence-corrected chi connectivity index (χ0v) is 17.7. The molecular formula is C24H22N2O3S. The molecule has 4 rings (SSSR count). The lowest BCUT2D eigenvalue weighted by Crippen LogP contribution is -2.20. The highest BCUT2D eigenvalue weighted by Crippen LogP contribution is 2.39. The summed E-state index contributed by atoms with van der Waals surface area (Å²) in [5, 5.41) is 0.852. The number of aromatic nitrogens is 1. The van der Waals surface area contributed by atoms with Gasteiger partial charge in [0.2, 0.25) is 0 Å². The van der Waals surface area contributed by atoms with Crippen molar-refractivity contribution >= 4 is 33.2 Å². The van der Waals surface area contributed by atoms with Crippen molar-refractivity contribution in [3.05, 3.63) is 93.6 Å². The van der Waals surface area contributed by atoms with E-state index in [4.69, 9.17) is 4.74 Å². The van der Waals surface area contributed by atoms with Crippen molar-refractivity contribution in [1.29, 1.82) is 0 Å². The van der Waals surface area contributed by atoms with E-state index in [1.807, 2.05) is 60.5 Å². The normalized spacial score (nSPS) is 10.9. The van der Waals surface area contributed by atoms with Crippen LogP contribution in [0.4, 0.5) is 5.69 Å². The number of rotatable bonds is 6. The number of anilines is 1. The van der Waals surface area contributed by atoms with Gasteiger partial charge in [-0.05, 0) is 30.7 Å². The third-order valence-electron chi connectivity index (χ3n) is 4.83. The summed E-state index contributed by atoms with van der Waals surface area (Å²) in [7, 11) is 1.95. The Labute approximate surface area is 178 Å². The van der Waals surface area contributed by atoms with E-state index in [1.54, 1.807) is 23.6 Å². The fourth-order valence-corrected chi connectivity index (χ4v) is 4.80. The number of para-hydroxylation sites is 1. The van der Waals surface area contributed by atoms with Gasteiger partial charge in [-0.25, -0.2) is 4.79 Å². The number of esters is 1. The highest BCUT2D eigenvalue weighted by molar-refractivity contribution is 7.21. The summed E-state index contributed by atoms with van der Waals surface area (Å²) in [5.41, 5.74) is 2.54. The van der Waals surface area contributed by atoms with Gasteiger partial charge < -0.3 is 9.64 Å². The van der Waals surface area contributed by atoms with E-state index in [2.05, 4.69) is 12.1 Å². The second-order valence-corrected chi connectivity index (χ2v) is 7.90. The van der Waals surface area contributed by atoms with Crippen molar-refractivity contribution in [2.75, 3.05) is 18.6 Å². The van der Waals surface area contributed by atoms with Crippen LogP contribution in [0, 0.1) is 0 Å². The minimum absolute atomic E-state index is 0.136. The number of carbonyl (C=O) groups excluding carboxylic acids is 1. The predicted octanol–water partition coefficient (Wildman–Crippen LogP) is 4.87. The second-order valence-electron chi connectivity index (χ2n) is 6.90. The van der Waals surface area contributed by atoms with E-state index in [9.17, 15) is 9.59 Å². The van der Waals surface area contributed by atoms with Gasteiger partial charge in [-0.2, -0.15) is 0 Å². The molecule has 0 spiro atoms. The standard InChI is InChI=1S/C24H22N2O3S/c1-3-29-24(28)22-21(25(2)16-17-10-6-4-7-11-17)19-14-15-20(27)26(23(19)30-22)18-12-8-5-9-13-18/h4-15H,3,16H2,1-2H3. The highest BCUT2D eigenvalue weighted by atomic mass is 32.1. The molecule has 6 heteroatoms. The lowest BCUT2D eigenvalue weighted by Gasteiger charge is -2.20. The number of carbonyl (C=O) groups is 1. The molecule has 0 saturated heterocycles. The molecule has 0 atom stereocenters. The maximum atomic E-state index is 12.8. The lowest BCUT2D eigenvalue weighted by molar-refractivity contribution is 0.0533. The Balaban J connectivity index is 1.92. The number of thiophene rings is 1. The van der Waals surface area contributed by atoms with Gasteiger partial charge in [-0.1, -0.05) is 48.5 Å². The summed E-state index contributed by atoms with van der Waals surface area (Å²) in [4.78, 5) is 28.8. The molecule has 2 aromatic heterocycles. The Kier molecular flexibility index (Phi) is 5.68. The zero-order valence-electron chi connectivity index (χ0n) is 16.9. The Morgan fingerprint density at radius 1 is 1.00 bits per heavy atom. The Hall–Kier alpha value is -3.38. The molecule has 0 saturated carbocycles. The molecule has 5 nitrogen and oxygen atoms in total. The fraction of sp³-hybridized carbons (Fsp3) is 0.167. The van der Waals surface area contributed by atoms with E-state index < -0.39 is 0 Å². The van der Waals surface area contributed by atoms with Gasteiger partial charge in [-0.15, -0.1) is 11.3 Å². The molecule has 0 amide bonds. The molecule has 0 unspecified atom stereocenters. The number of hydrogen-bond donors (Lipinski definition) is 0. The highest BCUT2D eigenvalue weighted by Gasteiger charge is 2.24. The first-order valence-corrected chi connectivity index (χ1v) is 10.6. The van der Waals surface area contributed by atoms with Crippen LogP contribution in [-0.2, 0) is 11.3 Å². The molecular weight excluding hydrogens is 396 g/mol. The molecule has 30 heavy (non-hydrogen) atoms. The number of nitrogens with zero attached hydrogens (tertiary/aromatic N) is 2. The molecule has 0 bridgehead atoms. The molecule has 152 valence electrons. The van der Waals surface area contributed by atoms with E-state index in [0.29, 0.717) is 18.0 Å². The quantitative estimate of drug-likeness (QED) is 0.420. The summed E-state index contributed by atoms with van der Waals surface area (Å²) < 4.78 is 6.99. The van der Waals surface area contributed by atoms with E-state index in [0.717, 1.165) is 27.2 Å².